The number of hydrogen-bond donors (Lipinski definition) is 1. The molecular formula is C14H30N2. The molecule has 1 aliphatic heterocycles. The van der Waals surface area contributed by atoms with Gasteiger partial charge in [-0.05, 0) is 45.2 Å². The SMILES string of the molecule is CCC(C)CC(CC)NCC1CCCN1C. The Morgan fingerprint density at radius 2 is 2.06 bits per heavy atom. The van der Waals surface area contributed by atoms with E-state index in [1.807, 2.05) is 0 Å². The first-order valence-corrected chi connectivity index (χ1v) is 7.10. The zero-order valence-corrected chi connectivity index (χ0v) is 11.6. The molecule has 0 aromatic carbocycles. The molecule has 1 aliphatic rings. The highest BCUT2D eigenvalue weighted by atomic mass is 15.2. The number of nitrogens with zero attached hydrogens (tertiary/aromatic N) is 1. The average Bonchev–Trinajstić information content (AvgIpc) is 2.69. The van der Waals surface area contributed by atoms with Crippen molar-refractivity contribution in [3.05, 3.63) is 0 Å². The van der Waals surface area contributed by atoms with Crippen LogP contribution in [0.15, 0.2) is 0 Å². The normalized spacial score (nSPS) is 25.9. The lowest BCUT2D eigenvalue weighted by atomic mass is 9.97. The molecule has 0 spiro atoms. The van der Waals surface area contributed by atoms with E-state index in [0.29, 0.717) is 0 Å². The van der Waals surface area contributed by atoms with Gasteiger partial charge in [0, 0.05) is 18.6 Å². The molecule has 1 fully saturated rings. The van der Waals surface area contributed by atoms with E-state index >= 15 is 0 Å². The van der Waals surface area contributed by atoms with Crippen molar-refractivity contribution in [1.82, 2.24) is 10.2 Å². The Morgan fingerprint density at radius 3 is 2.56 bits per heavy atom. The largest absolute Gasteiger partial charge is 0.312 e. The number of hydrogen-bond acceptors (Lipinski definition) is 2. The minimum absolute atomic E-state index is 0.726. The quantitative estimate of drug-likeness (QED) is 0.718. The van der Waals surface area contributed by atoms with E-state index in [-0.39, 0.29) is 0 Å². The zero-order chi connectivity index (χ0) is 12.0. The van der Waals surface area contributed by atoms with Crippen LogP contribution in [0.5, 0.6) is 0 Å². The van der Waals surface area contributed by atoms with Crippen molar-refractivity contribution in [2.45, 2.75) is 65.0 Å². The minimum atomic E-state index is 0.726. The van der Waals surface area contributed by atoms with Crippen LogP contribution in [-0.2, 0) is 0 Å². The molecule has 16 heavy (non-hydrogen) atoms. The summed E-state index contributed by atoms with van der Waals surface area (Å²) >= 11 is 0. The lowest BCUT2D eigenvalue weighted by Crippen LogP contribution is -2.40. The van der Waals surface area contributed by atoms with Gasteiger partial charge in [0.05, 0.1) is 0 Å². The van der Waals surface area contributed by atoms with Crippen LogP contribution in [0.1, 0.15) is 52.9 Å². The summed E-state index contributed by atoms with van der Waals surface area (Å²) in [6.45, 7) is 9.44. The molecule has 96 valence electrons. The van der Waals surface area contributed by atoms with Gasteiger partial charge in [0.1, 0.15) is 0 Å². The van der Waals surface area contributed by atoms with Gasteiger partial charge in [-0.25, -0.2) is 0 Å². The van der Waals surface area contributed by atoms with E-state index in [4.69, 9.17) is 0 Å². The fourth-order valence-electron chi connectivity index (χ4n) is 2.59. The Morgan fingerprint density at radius 1 is 1.31 bits per heavy atom. The highest BCUT2D eigenvalue weighted by molar-refractivity contribution is 4.80. The van der Waals surface area contributed by atoms with E-state index < -0.39 is 0 Å². The summed E-state index contributed by atoms with van der Waals surface area (Å²) in [4.78, 5) is 2.50. The summed E-state index contributed by atoms with van der Waals surface area (Å²) in [5.41, 5.74) is 0. The summed E-state index contributed by atoms with van der Waals surface area (Å²) in [5.74, 6) is 0.860. The highest BCUT2D eigenvalue weighted by Gasteiger charge is 2.21. The molecule has 2 heteroatoms. The summed E-state index contributed by atoms with van der Waals surface area (Å²) in [6.07, 6.45) is 6.67. The molecule has 2 nitrogen and oxygen atoms in total. The third kappa shape index (κ3) is 4.42. The molecule has 0 aromatic heterocycles. The second-order valence-electron chi connectivity index (χ2n) is 5.54. The Labute approximate surface area is 102 Å². The Bertz CT molecular complexity index is 182. The molecule has 1 heterocycles. The van der Waals surface area contributed by atoms with E-state index in [2.05, 4.69) is 38.0 Å². The van der Waals surface area contributed by atoms with Crippen molar-refractivity contribution >= 4 is 0 Å². The minimum Gasteiger partial charge on any atom is -0.312 e. The number of likely N-dealkylation sites (tertiary alicyclic amines) is 1. The predicted octanol–water partition coefficient (Wildman–Crippen LogP) is 2.89. The predicted molar refractivity (Wildman–Crippen MR) is 71.8 cm³/mol. The molecule has 1 rings (SSSR count). The third-order valence-corrected chi connectivity index (χ3v) is 4.19. The van der Waals surface area contributed by atoms with Crippen LogP contribution in [0, 0.1) is 5.92 Å². The number of likely N-dealkylation sites (N-methyl/N-ethyl adjacent to an activating group) is 1. The molecule has 0 bridgehead atoms. The lowest BCUT2D eigenvalue weighted by molar-refractivity contribution is 0.279. The first-order chi connectivity index (χ1) is 7.67. The van der Waals surface area contributed by atoms with Gasteiger partial charge in [-0.2, -0.15) is 0 Å². The van der Waals surface area contributed by atoms with Crippen LogP contribution >= 0.6 is 0 Å². The van der Waals surface area contributed by atoms with Gasteiger partial charge in [-0.3, -0.25) is 0 Å². The molecule has 3 unspecified atom stereocenters. The fraction of sp³-hybridized carbons (Fsp3) is 1.00. The highest BCUT2D eigenvalue weighted by Crippen LogP contribution is 2.16. The van der Waals surface area contributed by atoms with Crippen molar-refractivity contribution in [1.29, 1.82) is 0 Å². The van der Waals surface area contributed by atoms with Crippen LogP contribution in [-0.4, -0.2) is 37.1 Å². The van der Waals surface area contributed by atoms with Crippen molar-refractivity contribution in [3.8, 4) is 0 Å². The molecule has 1 N–H and O–H groups in total. The number of rotatable bonds is 7. The van der Waals surface area contributed by atoms with Crippen LogP contribution < -0.4 is 5.32 Å². The van der Waals surface area contributed by atoms with Crippen LogP contribution in [0.25, 0.3) is 0 Å². The summed E-state index contributed by atoms with van der Waals surface area (Å²) in [6, 6.07) is 1.51. The maximum absolute atomic E-state index is 3.77. The maximum Gasteiger partial charge on any atom is 0.0218 e. The second-order valence-corrected chi connectivity index (χ2v) is 5.54. The molecule has 0 saturated carbocycles. The second kappa shape index (κ2) is 7.29. The first-order valence-electron chi connectivity index (χ1n) is 7.10. The van der Waals surface area contributed by atoms with Crippen LogP contribution in [0.2, 0.25) is 0 Å². The Kier molecular flexibility index (Phi) is 6.37. The summed E-state index contributed by atoms with van der Waals surface area (Å²) < 4.78 is 0. The molecule has 3 atom stereocenters. The molecule has 0 radical (unpaired) electrons. The first kappa shape index (κ1) is 14.0. The third-order valence-electron chi connectivity index (χ3n) is 4.19. The molecule has 0 amide bonds. The monoisotopic (exact) mass is 226 g/mol. The van der Waals surface area contributed by atoms with Crippen molar-refractivity contribution in [3.63, 3.8) is 0 Å². The van der Waals surface area contributed by atoms with Gasteiger partial charge in [0.2, 0.25) is 0 Å². The van der Waals surface area contributed by atoms with Gasteiger partial charge in [-0.15, -0.1) is 0 Å². The van der Waals surface area contributed by atoms with Gasteiger partial charge < -0.3 is 10.2 Å². The molecule has 1 saturated heterocycles. The average molecular weight is 226 g/mol. The van der Waals surface area contributed by atoms with E-state index in [1.165, 1.54) is 45.2 Å². The maximum atomic E-state index is 3.77. The van der Waals surface area contributed by atoms with Gasteiger partial charge in [0.25, 0.3) is 0 Å². The molecular weight excluding hydrogens is 196 g/mol. The van der Waals surface area contributed by atoms with Crippen LogP contribution in [0.3, 0.4) is 0 Å². The molecule has 0 aliphatic carbocycles. The smallest absolute Gasteiger partial charge is 0.0218 e. The van der Waals surface area contributed by atoms with Crippen molar-refractivity contribution < 1.29 is 0 Å². The van der Waals surface area contributed by atoms with E-state index in [0.717, 1.165) is 18.0 Å². The summed E-state index contributed by atoms with van der Waals surface area (Å²) in [7, 11) is 2.26. The van der Waals surface area contributed by atoms with E-state index in [9.17, 15) is 0 Å². The van der Waals surface area contributed by atoms with Gasteiger partial charge >= 0.3 is 0 Å². The van der Waals surface area contributed by atoms with Crippen molar-refractivity contribution in [2.24, 2.45) is 5.92 Å². The Balaban J connectivity index is 2.22. The lowest BCUT2D eigenvalue weighted by Gasteiger charge is -2.25. The molecule has 0 aromatic rings. The van der Waals surface area contributed by atoms with Crippen LogP contribution in [0.4, 0.5) is 0 Å². The van der Waals surface area contributed by atoms with E-state index in [1.54, 1.807) is 0 Å². The van der Waals surface area contributed by atoms with Gasteiger partial charge in [-0.1, -0.05) is 27.2 Å². The van der Waals surface area contributed by atoms with Crippen molar-refractivity contribution in [2.75, 3.05) is 20.1 Å². The zero-order valence-electron chi connectivity index (χ0n) is 11.6. The number of nitrogens with one attached hydrogen (secondary N) is 1. The fourth-order valence-corrected chi connectivity index (χ4v) is 2.59. The summed E-state index contributed by atoms with van der Waals surface area (Å²) in [5, 5.41) is 3.77. The Hall–Kier alpha value is -0.0800. The topological polar surface area (TPSA) is 15.3 Å². The standard InChI is InChI=1S/C14H30N2/c1-5-12(3)10-13(6-2)15-11-14-8-7-9-16(14)4/h12-15H,5-11H2,1-4H3. The van der Waals surface area contributed by atoms with Gasteiger partial charge in [0.15, 0.2) is 0 Å².